The van der Waals surface area contributed by atoms with E-state index >= 15 is 0 Å². The second-order valence-electron chi connectivity index (χ2n) is 3.32. The Morgan fingerprint density at radius 1 is 1.20 bits per heavy atom. The molecule has 3 heteroatoms. The summed E-state index contributed by atoms with van der Waals surface area (Å²) in [5.74, 6) is 0.955. The Balaban J connectivity index is 2.58. The first kappa shape index (κ1) is 8.95. The molecule has 0 N–H and O–H groups in total. The van der Waals surface area contributed by atoms with Gasteiger partial charge < -0.3 is 0 Å². The Hall–Kier alpha value is -1.31. The maximum atomic E-state index is 5.41. The van der Waals surface area contributed by atoms with E-state index in [1.807, 2.05) is 17.2 Å². The van der Waals surface area contributed by atoms with Gasteiger partial charge >= 0.3 is 93.0 Å². The van der Waals surface area contributed by atoms with Gasteiger partial charge in [0.05, 0.1) is 0 Å². The van der Waals surface area contributed by atoms with Gasteiger partial charge in [-0.2, -0.15) is 0 Å². The topological polar surface area (TPSA) is 22.1 Å². The van der Waals surface area contributed by atoms with Crippen molar-refractivity contribution >= 4 is 35.1 Å². The van der Waals surface area contributed by atoms with Gasteiger partial charge in [-0.05, 0) is 0 Å². The fraction of sp³-hybridized carbons (Fsp3) is 0.0833. The Kier molecular flexibility index (Phi) is 2.01. The molecule has 74 valence electrons. The van der Waals surface area contributed by atoms with Crippen molar-refractivity contribution in [2.45, 2.75) is 0 Å². The third-order valence-corrected chi connectivity index (χ3v) is 4.15. The van der Waals surface area contributed by atoms with Gasteiger partial charge in [0.2, 0.25) is 0 Å². The predicted molar refractivity (Wildman–Crippen MR) is 62.7 cm³/mol. The standard InChI is InChI=1S/C12H9NOSe/c1-14-10-6-11-12(13-7-15-11)9-5-3-2-4-8(9)10/h2-7H,1H3. The number of aromatic nitrogens is 1. The average molecular weight is 262 g/mol. The van der Waals surface area contributed by atoms with Crippen LogP contribution in [0.25, 0.3) is 20.5 Å². The molecule has 0 atom stereocenters. The zero-order valence-corrected chi connectivity index (χ0v) is 9.94. The Morgan fingerprint density at radius 2 is 2.00 bits per heavy atom. The summed E-state index contributed by atoms with van der Waals surface area (Å²) in [6.45, 7) is 0. The van der Waals surface area contributed by atoms with Gasteiger partial charge in [-0.15, -0.1) is 0 Å². The predicted octanol–water partition coefficient (Wildman–Crippen LogP) is 2.45. The minimum atomic E-state index is 0.368. The van der Waals surface area contributed by atoms with E-state index in [9.17, 15) is 0 Å². The number of nitrogens with zero attached hydrogens (tertiary/aromatic N) is 1. The van der Waals surface area contributed by atoms with E-state index in [-0.39, 0.29) is 0 Å². The summed E-state index contributed by atoms with van der Waals surface area (Å²) in [4.78, 5) is 4.45. The Bertz CT molecular complexity index is 630. The molecule has 0 bridgehead atoms. The summed E-state index contributed by atoms with van der Waals surface area (Å²) < 4.78 is 6.72. The third kappa shape index (κ3) is 1.28. The molecule has 2 aromatic carbocycles. The Labute approximate surface area is 93.3 Å². The minimum absolute atomic E-state index is 0.368. The van der Waals surface area contributed by atoms with Gasteiger partial charge in [-0.1, -0.05) is 0 Å². The molecule has 1 heterocycles. The van der Waals surface area contributed by atoms with Crippen LogP contribution in [0, 0.1) is 0 Å². The monoisotopic (exact) mass is 263 g/mol. The maximum absolute atomic E-state index is 5.41. The van der Waals surface area contributed by atoms with E-state index in [1.165, 1.54) is 9.65 Å². The molecule has 0 unspecified atom stereocenters. The van der Waals surface area contributed by atoms with E-state index in [0.717, 1.165) is 16.7 Å². The van der Waals surface area contributed by atoms with E-state index < -0.39 is 0 Å². The van der Waals surface area contributed by atoms with Crippen LogP contribution in [-0.4, -0.2) is 26.6 Å². The fourth-order valence-corrected chi connectivity index (χ4v) is 3.34. The molecule has 3 aromatic rings. The second-order valence-corrected chi connectivity index (χ2v) is 5.18. The number of fused-ring (bicyclic) bond motifs is 3. The van der Waals surface area contributed by atoms with Crippen molar-refractivity contribution in [2.24, 2.45) is 0 Å². The van der Waals surface area contributed by atoms with Gasteiger partial charge in [0.25, 0.3) is 0 Å². The molecule has 0 fully saturated rings. The van der Waals surface area contributed by atoms with Crippen LogP contribution in [-0.2, 0) is 0 Å². The normalized spacial score (nSPS) is 11.0. The van der Waals surface area contributed by atoms with Crippen LogP contribution in [0.3, 0.4) is 0 Å². The van der Waals surface area contributed by atoms with Gasteiger partial charge in [-0.25, -0.2) is 0 Å². The first-order valence-electron chi connectivity index (χ1n) is 4.69. The van der Waals surface area contributed by atoms with Crippen molar-refractivity contribution in [1.29, 1.82) is 0 Å². The van der Waals surface area contributed by atoms with E-state index in [0.29, 0.717) is 14.5 Å². The molecular formula is C12H9NOSe. The van der Waals surface area contributed by atoms with Crippen LogP contribution in [0.5, 0.6) is 5.75 Å². The molecular weight excluding hydrogens is 253 g/mol. The number of hydrogen-bond donors (Lipinski definition) is 0. The number of hydrogen-bond acceptors (Lipinski definition) is 2. The van der Waals surface area contributed by atoms with E-state index in [4.69, 9.17) is 4.74 Å². The molecule has 2 nitrogen and oxygen atoms in total. The quantitative estimate of drug-likeness (QED) is 0.628. The molecule has 0 amide bonds. The van der Waals surface area contributed by atoms with Crippen LogP contribution in [0.4, 0.5) is 0 Å². The summed E-state index contributed by atoms with van der Waals surface area (Å²) in [6, 6.07) is 10.4. The molecule has 0 spiro atoms. The molecule has 3 rings (SSSR count). The molecule has 0 aliphatic heterocycles. The molecule has 1 aromatic heterocycles. The molecule has 0 aliphatic carbocycles. The molecule has 15 heavy (non-hydrogen) atoms. The number of rotatable bonds is 1. The third-order valence-electron chi connectivity index (χ3n) is 2.52. The fourth-order valence-electron chi connectivity index (χ4n) is 1.83. The zero-order valence-electron chi connectivity index (χ0n) is 8.23. The second kappa shape index (κ2) is 3.37. The van der Waals surface area contributed by atoms with E-state index in [1.54, 1.807) is 7.11 Å². The van der Waals surface area contributed by atoms with Crippen LogP contribution in [0.1, 0.15) is 0 Å². The summed E-state index contributed by atoms with van der Waals surface area (Å²) in [7, 11) is 1.72. The molecule has 0 aliphatic rings. The summed E-state index contributed by atoms with van der Waals surface area (Å²) in [5, 5.41) is 4.36. The van der Waals surface area contributed by atoms with Gasteiger partial charge in [-0.3, -0.25) is 0 Å². The number of methoxy groups -OCH3 is 1. The number of benzene rings is 2. The van der Waals surface area contributed by atoms with Crippen LogP contribution < -0.4 is 4.74 Å². The summed E-state index contributed by atoms with van der Waals surface area (Å²) in [5.41, 5.74) is 1.13. The van der Waals surface area contributed by atoms with Gasteiger partial charge in [0.15, 0.2) is 0 Å². The Morgan fingerprint density at radius 3 is 2.80 bits per heavy atom. The number of ether oxygens (including phenoxy) is 1. The van der Waals surface area contributed by atoms with Crippen molar-refractivity contribution in [2.75, 3.05) is 7.11 Å². The van der Waals surface area contributed by atoms with Crippen molar-refractivity contribution < 1.29 is 4.74 Å². The summed E-state index contributed by atoms with van der Waals surface area (Å²) in [6.07, 6.45) is 0. The first-order valence-corrected chi connectivity index (χ1v) is 6.53. The van der Waals surface area contributed by atoms with Crippen LogP contribution >= 0.6 is 0 Å². The molecule has 0 radical (unpaired) electrons. The molecule has 0 saturated heterocycles. The van der Waals surface area contributed by atoms with Crippen molar-refractivity contribution in [1.82, 2.24) is 4.98 Å². The van der Waals surface area contributed by atoms with Crippen molar-refractivity contribution in [3.05, 3.63) is 35.4 Å². The van der Waals surface area contributed by atoms with Crippen molar-refractivity contribution in [3.63, 3.8) is 0 Å². The summed E-state index contributed by atoms with van der Waals surface area (Å²) >= 11 is 0.368. The SMILES string of the molecule is COc1cc2[se]cnc2c2ccccc12. The average Bonchev–Trinajstić information content (AvgIpc) is 2.76. The van der Waals surface area contributed by atoms with Crippen molar-refractivity contribution in [3.8, 4) is 5.75 Å². The van der Waals surface area contributed by atoms with Gasteiger partial charge in [0, 0.05) is 0 Å². The van der Waals surface area contributed by atoms with Crippen LogP contribution in [0.15, 0.2) is 35.4 Å². The van der Waals surface area contributed by atoms with E-state index in [2.05, 4.69) is 23.2 Å². The van der Waals surface area contributed by atoms with Crippen LogP contribution in [0.2, 0.25) is 0 Å². The first-order chi connectivity index (χ1) is 7.40. The zero-order chi connectivity index (χ0) is 10.3. The molecule has 0 saturated carbocycles. The van der Waals surface area contributed by atoms with Gasteiger partial charge in [0.1, 0.15) is 0 Å².